The van der Waals surface area contributed by atoms with Gasteiger partial charge in [0.25, 0.3) is 5.91 Å². The highest BCUT2D eigenvalue weighted by Gasteiger charge is 2.07. The number of carbonyl (C=O) groups is 1. The fraction of sp³-hybridized carbons (Fsp3) is 0.333. The first-order valence-corrected chi connectivity index (χ1v) is 8.26. The van der Waals surface area contributed by atoms with Gasteiger partial charge in [0, 0.05) is 17.3 Å². The fourth-order valence-corrected chi connectivity index (χ4v) is 2.36. The highest BCUT2D eigenvalue weighted by atomic mass is 35.5. The number of nitrogens with zero attached hydrogens (tertiary/aromatic N) is 2. The summed E-state index contributed by atoms with van der Waals surface area (Å²) in [7, 11) is 4.02. The van der Waals surface area contributed by atoms with Crippen LogP contribution in [0.15, 0.2) is 36.5 Å². The minimum atomic E-state index is -0.153. The van der Waals surface area contributed by atoms with Gasteiger partial charge in [-0.15, -0.1) is 0 Å². The summed E-state index contributed by atoms with van der Waals surface area (Å²) in [6.07, 6.45) is 2.56. The number of pyridine rings is 1. The molecule has 6 heteroatoms. The van der Waals surface area contributed by atoms with Crippen molar-refractivity contribution >= 4 is 28.9 Å². The zero-order chi connectivity index (χ0) is 17.5. The number of carbonyl (C=O) groups excluding carboxylic acids is 1. The van der Waals surface area contributed by atoms with E-state index in [4.69, 9.17) is 11.6 Å². The van der Waals surface area contributed by atoms with E-state index in [1.807, 2.05) is 45.3 Å². The molecule has 0 aliphatic heterocycles. The largest absolute Gasteiger partial charge is 0.354 e. The van der Waals surface area contributed by atoms with Gasteiger partial charge in [-0.2, -0.15) is 0 Å². The van der Waals surface area contributed by atoms with Crippen molar-refractivity contribution in [1.82, 2.24) is 15.2 Å². The molecule has 24 heavy (non-hydrogen) atoms. The summed E-state index contributed by atoms with van der Waals surface area (Å²) in [5.41, 5.74) is 3.12. The van der Waals surface area contributed by atoms with Gasteiger partial charge in [-0.1, -0.05) is 17.7 Å². The number of nitrogens with one attached hydrogen (secondary N) is 2. The van der Waals surface area contributed by atoms with E-state index in [0.29, 0.717) is 17.3 Å². The van der Waals surface area contributed by atoms with Crippen molar-refractivity contribution in [2.75, 3.05) is 32.5 Å². The van der Waals surface area contributed by atoms with Crippen LogP contribution in [-0.4, -0.2) is 43.0 Å². The first kappa shape index (κ1) is 18.2. The molecule has 2 N–H and O–H groups in total. The van der Waals surface area contributed by atoms with Crippen LogP contribution in [0.1, 0.15) is 22.5 Å². The molecule has 0 saturated heterocycles. The van der Waals surface area contributed by atoms with Crippen molar-refractivity contribution in [2.24, 2.45) is 0 Å². The van der Waals surface area contributed by atoms with Crippen molar-refractivity contribution in [1.29, 1.82) is 0 Å². The van der Waals surface area contributed by atoms with Crippen LogP contribution < -0.4 is 10.6 Å². The zero-order valence-electron chi connectivity index (χ0n) is 14.3. The third-order valence-corrected chi connectivity index (χ3v) is 4.02. The number of hydrogen-bond donors (Lipinski definition) is 2. The molecule has 0 aliphatic carbocycles. The van der Waals surface area contributed by atoms with Gasteiger partial charge in [0.1, 0.15) is 5.69 Å². The Kier molecular flexibility index (Phi) is 6.58. The van der Waals surface area contributed by atoms with Crippen LogP contribution in [0, 0.1) is 6.92 Å². The lowest BCUT2D eigenvalue weighted by Crippen LogP contribution is -2.27. The number of amides is 1. The Morgan fingerprint density at radius 2 is 2.04 bits per heavy atom. The lowest BCUT2D eigenvalue weighted by atomic mass is 10.2. The SMILES string of the molecule is Cc1c(Cl)cccc1Nc1ccc(C(=O)NCCCN(C)C)nc1. The van der Waals surface area contributed by atoms with E-state index in [0.717, 1.165) is 29.9 Å². The van der Waals surface area contributed by atoms with Crippen LogP contribution in [-0.2, 0) is 0 Å². The topological polar surface area (TPSA) is 57.3 Å². The molecule has 0 aliphatic rings. The Bertz CT molecular complexity index is 686. The molecule has 128 valence electrons. The van der Waals surface area contributed by atoms with Crippen LogP contribution in [0.4, 0.5) is 11.4 Å². The van der Waals surface area contributed by atoms with Crippen molar-refractivity contribution in [3.63, 3.8) is 0 Å². The van der Waals surface area contributed by atoms with E-state index >= 15 is 0 Å². The summed E-state index contributed by atoms with van der Waals surface area (Å²) < 4.78 is 0. The molecule has 0 spiro atoms. The Morgan fingerprint density at radius 1 is 1.25 bits per heavy atom. The molecule has 0 saturated carbocycles. The predicted octanol–water partition coefficient (Wildman–Crippen LogP) is 3.47. The van der Waals surface area contributed by atoms with Crippen molar-refractivity contribution in [3.05, 3.63) is 52.8 Å². The summed E-state index contributed by atoms with van der Waals surface area (Å²) in [6.45, 7) is 3.53. The summed E-state index contributed by atoms with van der Waals surface area (Å²) in [5, 5.41) is 6.84. The quantitative estimate of drug-likeness (QED) is 0.754. The molecule has 0 atom stereocenters. The number of benzene rings is 1. The molecular weight excluding hydrogens is 324 g/mol. The van der Waals surface area contributed by atoms with E-state index in [1.165, 1.54) is 0 Å². The molecule has 1 aromatic heterocycles. The first-order valence-electron chi connectivity index (χ1n) is 7.88. The van der Waals surface area contributed by atoms with Gasteiger partial charge in [0.2, 0.25) is 0 Å². The highest BCUT2D eigenvalue weighted by Crippen LogP contribution is 2.25. The first-order chi connectivity index (χ1) is 11.5. The molecule has 0 radical (unpaired) electrons. The van der Waals surface area contributed by atoms with Gasteiger partial charge < -0.3 is 15.5 Å². The molecule has 0 fully saturated rings. The van der Waals surface area contributed by atoms with Crippen molar-refractivity contribution in [3.8, 4) is 0 Å². The summed E-state index contributed by atoms with van der Waals surface area (Å²) in [5.74, 6) is -0.153. The maximum atomic E-state index is 12.0. The number of aromatic nitrogens is 1. The Labute approximate surface area is 148 Å². The van der Waals surface area contributed by atoms with Gasteiger partial charge in [0.15, 0.2) is 0 Å². The lowest BCUT2D eigenvalue weighted by Gasteiger charge is -2.11. The van der Waals surface area contributed by atoms with Gasteiger partial charge in [-0.05, 0) is 63.8 Å². The predicted molar refractivity (Wildman–Crippen MR) is 99.2 cm³/mol. The molecule has 1 aromatic carbocycles. The molecule has 2 aromatic rings. The highest BCUT2D eigenvalue weighted by molar-refractivity contribution is 6.31. The number of anilines is 2. The van der Waals surface area contributed by atoms with Crippen LogP contribution in [0.3, 0.4) is 0 Å². The smallest absolute Gasteiger partial charge is 0.269 e. The van der Waals surface area contributed by atoms with Gasteiger partial charge in [0.05, 0.1) is 11.9 Å². The van der Waals surface area contributed by atoms with E-state index in [-0.39, 0.29) is 5.91 Å². The Morgan fingerprint density at radius 3 is 2.71 bits per heavy atom. The lowest BCUT2D eigenvalue weighted by molar-refractivity contribution is 0.0947. The molecule has 0 bridgehead atoms. The Hall–Kier alpha value is -2.11. The summed E-state index contributed by atoms with van der Waals surface area (Å²) in [4.78, 5) is 18.3. The van der Waals surface area contributed by atoms with Gasteiger partial charge in [-0.25, -0.2) is 4.98 Å². The maximum absolute atomic E-state index is 12.0. The second kappa shape index (κ2) is 8.66. The number of hydrogen-bond acceptors (Lipinski definition) is 4. The third-order valence-electron chi connectivity index (χ3n) is 3.61. The number of halogens is 1. The standard InChI is InChI=1S/C18H23ClN4O/c1-13-15(19)6-4-7-16(13)22-14-8-9-17(21-12-14)18(24)20-10-5-11-23(2)3/h4,6-9,12,22H,5,10-11H2,1-3H3,(H,20,24). The van der Waals surface area contributed by atoms with E-state index < -0.39 is 0 Å². The van der Waals surface area contributed by atoms with Crippen LogP contribution in [0.5, 0.6) is 0 Å². The monoisotopic (exact) mass is 346 g/mol. The normalized spacial score (nSPS) is 10.7. The van der Waals surface area contributed by atoms with Gasteiger partial charge >= 0.3 is 0 Å². The minimum Gasteiger partial charge on any atom is -0.354 e. The van der Waals surface area contributed by atoms with Crippen LogP contribution >= 0.6 is 11.6 Å². The fourth-order valence-electron chi connectivity index (χ4n) is 2.19. The van der Waals surface area contributed by atoms with Crippen LogP contribution in [0.2, 0.25) is 5.02 Å². The molecule has 1 heterocycles. The molecule has 2 rings (SSSR count). The Balaban J connectivity index is 1.93. The van der Waals surface area contributed by atoms with Crippen molar-refractivity contribution < 1.29 is 4.79 Å². The third kappa shape index (κ3) is 5.22. The van der Waals surface area contributed by atoms with Gasteiger partial charge in [-0.3, -0.25) is 4.79 Å². The van der Waals surface area contributed by atoms with E-state index in [9.17, 15) is 4.79 Å². The van der Waals surface area contributed by atoms with E-state index in [2.05, 4.69) is 20.5 Å². The van der Waals surface area contributed by atoms with Crippen molar-refractivity contribution in [2.45, 2.75) is 13.3 Å². The zero-order valence-corrected chi connectivity index (χ0v) is 15.0. The number of rotatable bonds is 7. The molecule has 0 unspecified atom stereocenters. The van der Waals surface area contributed by atoms with Crippen LogP contribution in [0.25, 0.3) is 0 Å². The average Bonchev–Trinajstić information content (AvgIpc) is 2.56. The summed E-state index contributed by atoms with van der Waals surface area (Å²) >= 11 is 6.12. The van der Waals surface area contributed by atoms with E-state index in [1.54, 1.807) is 12.3 Å². The second-order valence-electron chi connectivity index (χ2n) is 5.88. The average molecular weight is 347 g/mol. The second-order valence-corrected chi connectivity index (χ2v) is 6.29. The maximum Gasteiger partial charge on any atom is 0.269 e. The molecular formula is C18H23ClN4O. The molecule has 1 amide bonds. The molecule has 5 nitrogen and oxygen atoms in total. The minimum absolute atomic E-state index is 0.153. The summed E-state index contributed by atoms with van der Waals surface area (Å²) in [6, 6.07) is 9.24.